The second kappa shape index (κ2) is 11.2. The zero-order valence-corrected chi connectivity index (χ0v) is 19.2. The highest BCUT2D eigenvalue weighted by Gasteiger charge is 2.15. The van der Waals surface area contributed by atoms with Crippen molar-refractivity contribution in [1.82, 2.24) is 15.0 Å². The van der Waals surface area contributed by atoms with Gasteiger partial charge in [-0.15, -0.1) is 0 Å². The third-order valence-electron chi connectivity index (χ3n) is 4.95. The lowest BCUT2D eigenvalue weighted by Crippen LogP contribution is -2.11. The van der Waals surface area contributed by atoms with Crippen LogP contribution in [0.3, 0.4) is 0 Å². The summed E-state index contributed by atoms with van der Waals surface area (Å²) in [6.45, 7) is 3.74. The summed E-state index contributed by atoms with van der Waals surface area (Å²) in [6.07, 6.45) is 1.56. The van der Waals surface area contributed by atoms with Crippen molar-refractivity contribution >= 4 is 23.6 Å². The number of esters is 1. The molecule has 1 aliphatic heterocycles. The van der Waals surface area contributed by atoms with Crippen LogP contribution in [0.15, 0.2) is 42.5 Å². The molecule has 0 radical (unpaired) electrons. The van der Waals surface area contributed by atoms with E-state index in [1.54, 1.807) is 18.2 Å². The van der Waals surface area contributed by atoms with Crippen LogP contribution >= 0.6 is 0 Å². The Balaban J connectivity index is 1.67. The zero-order chi connectivity index (χ0) is 23.8. The number of nitrogens with zero attached hydrogens (tertiary/aromatic N) is 3. The predicted octanol–water partition coefficient (Wildman–Crippen LogP) is 3.96. The SMILES string of the molecule is CCOc1nc2nc(n1)Nc1ccc(C(=O)OC)c(c1)OCCCCOc1cccc(c1)CN2. The molecule has 2 heterocycles. The summed E-state index contributed by atoms with van der Waals surface area (Å²) >= 11 is 0. The minimum Gasteiger partial charge on any atom is -0.494 e. The van der Waals surface area contributed by atoms with Crippen LogP contribution in [0.5, 0.6) is 17.5 Å². The van der Waals surface area contributed by atoms with Crippen LogP contribution in [0.4, 0.5) is 17.6 Å². The lowest BCUT2D eigenvalue weighted by molar-refractivity contribution is 0.0596. The number of carbonyl (C=O) groups excluding carboxylic acids is 1. The molecule has 3 aromatic rings. The van der Waals surface area contributed by atoms with E-state index in [0.717, 1.165) is 24.2 Å². The Morgan fingerprint density at radius 1 is 1.03 bits per heavy atom. The van der Waals surface area contributed by atoms with Crippen molar-refractivity contribution in [2.75, 3.05) is 37.6 Å². The number of nitrogens with one attached hydrogen (secondary N) is 2. The molecule has 2 N–H and O–H groups in total. The van der Waals surface area contributed by atoms with Gasteiger partial charge in [0, 0.05) is 18.3 Å². The Hall–Kier alpha value is -4.08. The van der Waals surface area contributed by atoms with Crippen LogP contribution in [0.1, 0.15) is 35.7 Å². The van der Waals surface area contributed by atoms with Crippen molar-refractivity contribution < 1.29 is 23.7 Å². The maximum atomic E-state index is 12.2. The fraction of sp³-hybridized carbons (Fsp3) is 0.333. The van der Waals surface area contributed by atoms with Gasteiger partial charge in [0.25, 0.3) is 0 Å². The molecule has 0 atom stereocenters. The number of hydrogen-bond donors (Lipinski definition) is 2. The molecule has 2 aromatic carbocycles. The second-order valence-corrected chi connectivity index (χ2v) is 7.43. The monoisotopic (exact) mass is 465 g/mol. The fourth-order valence-electron chi connectivity index (χ4n) is 3.31. The molecule has 0 unspecified atom stereocenters. The van der Waals surface area contributed by atoms with Gasteiger partial charge < -0.3 is 29.6 Å². The van der Waals surface area contributed by atoms with E-state index in [0.29, 0.717) is 49.3 Å². The molecule has 0 saturated carbocycles. The smallest absolute Gasteiger partial charge is 0.341 e. The van der Waals surface area contributed by atoms with Crippen molar-refractivity contribution in [3.8, 4) is 17.5 Å². The third kappa shape index (κ3) is 6.03. The van der Waals surface area contributed by atoms with Crippen LogP contribution in [0, 0.1) is 0 Å². The van der Waals surface area contributed by atoms with Gasteiger partial charge >= 0.3 is 12.0 Å². The molecular formula is C24H27N5O5. The van der Waals surface area contributed by atoms with E-state index >= 15 is 0 Å². The first-order valence-corrected chi connectivity index (χ1v) is 11.1. The summed E-state index contributed by atoms with van der Waals surface area (Å²) in [5.41, 5.74) is 2.00. The fourth-order valence-corrected chi connectivity index (χ4v) is 3.31. The van der Waals surface area contributed by atoms with Gasteiger partial charge in [-0.05, 0) is 49.6 Å². The number of anilines is 3. The van der Waals surface area contributed by atoms with Crippen molar-refractivity contribution in [3.05, 3.63) is 53.6 Å². The molecule has 10 heteroatoms. The summed E-state index contributed by atoms with van der Waals surface area (Å²) in [5, 5.41) is 6.35. The van der Waals surface area contributed by atoms with E-state index in [2.05, 4.69) is 25.6 Å². The van der Waals surface area contributed by atoms with Gasteiger partial charge in [-0.25, -0.2) is 4.79 Å². The average Bonchev–Trinajstić information content (AvgIpc) is 2.84. The first-order valence-electron chi connectivity index (χ1n) is 11.1. The lowest BCUT2D eigenvalue weighted by atomic mass is 10.2. The average molecular weight is 466 g/mol. The second-order valence-electron chi connectivity index (χ2n) is 7.43. The number of fused-ring (bicyclic) bond motifs is 6. The number of benzene rings is 2. The summed E-state index contributed by atoms with van der Waals surface area (Å²) in [5.74, 6) is 1.36. The summed E-state index contributed by atoms with van der Waals surface area (Å²) in [6, 6.07) is 13.1. The van der Waals surface area contributed by atoms with Gasteiger partial charge in [0.1, 0.15) is 17.1 Å². The number of carbonyl (C=O) groups is 1. The molecule has 1 aliphatic rings. The highest BCUT2D eigenvalue weighted by Crippen LogP contribution is 2.27. The highest BCUT2D eigenvalue weighted by molar-refractivity contribution is 5.93. The van der Waals surface area contributed by atoms with Crippen molar-refractivity contribution in [2.24, 2.45) is 0 Å². The molecule has 0 aliphatic carbocycles. The maximum absolute atomic E-state index is 12.2. The van der Waals surface area contributed by atoms with Gasteiger partial charge in [0.15, 0.2) is 0 Å². The van der Waals surface area contributed by atoms with Gasteiger partial charge in [-0.2, -0.15) is 15.0 Å². The minimum atomic E-state index is -0.475. The lowest BCUT2D eigenvalue weighted by Gasteiger charge is -2.14. The molecule has 4 rings (SSSR count). The van der Waals surface area contributed by atoms with Crippen molar-refractivity contribution in [2.45, 2.75) is 26.3 Å². The largest absolute Gasteiger partial charge is 0.494 e. The molecule has 1 aromatic heterocycles. The minimum absolute atomic E-state index is 0.191. The van der Waals surface area contributed by atoms with E-state index in [9.17, 15) is 4.79 Å². The topological polar surface area (TPSA) is 117 Å². The van der Waals surface area contributed by atoms with Crippen LogP contribution in [-0.2, 0) is 11.3 Å². The Morgan fingerprint density at radius 3 is 2.68 bits per heavy atom. The molecule has 178 valence electrons. The van der Waals surface area contributed by atoms with Crippen molar-refractivity contribution in [3.63, 3.8) is 0 Å². The highest BCUT2D eigenvalue weighted by atomic mass is 16.5. The quantitative estimate of drug-likeness (QED) is 0.550. The predicted molar refractivity (Wildman–Crippen MR) is 126 cm³/mol. The summed E-state index contributed by atoms with van der Waals surface area (Å²) in [4.78, 5) is 25.3. The molecule has 0 amide bonds. The van der Waals surface area contributed by atoms with E-state index in [4.69, 9.17) is 18.9 Å². The van der Waals surface area contributed by atoms with E-state index < -0.39 is 5.97 Å². The summed E-state index contributed by atoms with van der Waals surface area (Å²) in [7, 11) is 1.34. The molecule has 6 bridgehead atoms. The maximum Gasteiger partial charge on any atom is 0.341 e. The van der Waals surface area contributed by atoms with Crippen LogP contribution in [0.25, 0.3) is 0 Å². The number of methoxy groups -OCH3 is 1. The molecule has 0 fully saturated rings. The first-order chi connectivity index (χ1) is 16.6. The number of hydrogen-bond acceptors (Lipinski definition) is 10. The number of rotatable bonds is 3. The third-order valence-corrected chi connectivity index (χ3v) is 4.95. The number of aromatic nitrogens is 3. The van der Waals surface area contributed by atoms with Crippen LogP contribution in [0.2, 0.25) is 0 Å². The van der Waals surface area contributed by atoms with Gasteiger partial charge in [0.2, 0.25) is 11.9 Å². The molecular weight excluding hydrogens is 438 g/mol. The van der Waals surface area contributed by atoms with Gasteiger partial charge in [-0.1, -0.05) is 12.1 Å². The van der Waals surface area contributed by atoms with E-state index in [1.165, 1.54) is 7.11 Å². The van der Waals surface area contributed by atoms with Crippen molar-refractivity contribution in [1.29, 1.82) is 0 Å². The molecule has 0 spiro atoms. The number of ether oxygens (including phenoxy) is 4. The molecule has 34 heavy (non-hydrogen) atoms. The first kappa shape index (κ1) is 23.1. The molecule has 10 nitrogen and oxygen atoms in total. The van der Waals surface area contributed by atoms with E-state index in [-0.39, 0.29) is 12.0 Å². The standard InChI is InChI=1S/C24H27N5O5/c1-3-32-24-28-22-25-15-16-7-6-8-18(13-16)33-11-4-5-12-34-20-14-17(26-23(27-22)29-24)9-10-19(20)21(30)31-2/h6-10,13-14H,3-5,11-12,15H2,1-2H3,(H2,25,26,27,28,29). The van der Waals surface area contributed by atoms with E-state index in [1.807, 2.05) is 31.2 Å². The van der Waals surface area contributed by atoms with Gasteiger partial charge in [0.05, 0.1) is 26.9 Å². The van der Waals surface area contributed by atoms with Crippen LogP contribution in [-0.4, -0.2) is 47.9 Å². The Morgan fingerprint density at radius 2 is 1.85 bits per heavy atom. The normalized spacial score (nSPS) is 13.6. The van der Waals surface area contributed by atoms with Crippen LogP contribution < -0.4 is 24.8 Å². The summed E-state index contributed by atoms with van der Waals surface area (Å²) < 4.78 is 22.2. The zero-order valence-electron chi connectivity index (χ0n) is 19.2. The molecule has 0 saturated heterocycles. The Labute approximate surface area is 197 Å². The Kier molecular flexibility index (Phi) is 7.59. The van der Waals surface area contributed by atoms with Gasteiger partial charge in [-0.3, -0.25) is 0 Å². The Bertz CT molecular complexity index is 1140.